The largest absolute Gasteiger partial charge is 0.508 e. The zero-order chi connectivity index (χ0) is 18.9. The highest BCUT2D eigenvalue weighted by molar-refractivity contribution is 5.81. The van der Waals surface area contributed by atoms with Gasteiger partial charge in [-0.1, -0.05) is 12.1 Å². The maximum Gasteiger partial charge on any atom is 0.260 e. The zero-order valence-corrected chi connectivity index (χ0v) is 14.4. The minimum Gasteiger partial charge on any atom is -0.508 e. The fourth-order valence-electron chi connectivity index (χ4n) is 2.16. The molecule has 6 nitrogen and oxygen atoms in total. The number of halogens is 1. The van der Waals surface area contributed by atoms with Crippen molar-refractivity contribution in [2.45, 2.75) is 19.4 Å². The maximum atomic E-state index is 12.8. The lowest BCUT2D eigenvalue weighted by Crippen LogP contribution is -2.41. The van der Waals surface area contributed by atoms with E-state index in [2.05, 4.69) is 10.6 Å². The molecule has 0 aliphatic carbocycles. The van der Waals surface area contributed by atoms with Gasteiger partial charge in [0.15, 0.2) is 6.10 Å². The van der Waals surface area contributed by atoms with E-state index in [1.54, 1.807) is 31.2 Å². The minimum atomic E-state index is -0.713. The summed E-state index contributed by atoms with van der Waals surface area (Å²) in [5, 5.41) is 14.6. The molecule has 0 aromatic heterocycles. The number of phenolic OH excluding ortho intramolecular Hbond substituents is 1. The van der Waals surface area contributed by atoms with Crippen LogP contribution >= 0.6 is 0 Å². The first-order valence-electron chi connectivity index (χ1n) is 8.18. The van der Waals surface area contributed by atoms with Crippen molar-refractivity contribution in [2.24, 2.45) is 0 Å². The molecule has 2 aromatic rings. The average molecular weight is 360 g/mol. The van der Waals surface area contributed by atoms with Gasteiger partial charge in [0.2, 0.25) is 5.91 Å². The molecule has 2 rings (SSSR count). The Kier molecular flexibility index (Phi) is 6.96. The highest BCUT2D eigenvalue weighted by Crippen LogP contribution is 2.17. The molecule has 1 atom stereocenters. The first-order valence-corrected chi connectivity index (χ1v) is 8.18. The van der Waals surface area contributed by atoms with Crippen LogP contribution in [0, 0.1) is 5.82 Å². The Morgan fingerprint density at radius 3 is 2.31 bits per heavy atom. The average Bonchev–Trinajstić information content (AvgIpc) is 2.62. The second kappa shape index (κ2) is 9.41. The Labute approximate surface area is 151 Å². The van der Waals surface area contributed by atoms with E-state index in [1.807, 2.05) is 0 Å². The summed E-state index contributed by atoms with van der Waals surface area (Å²) in [4.78, 5) is 23.7. The van der Waals surface area contributed by atoms with Crippen LogP contribution in [0.2, 0.25) is 0 Å². The molecule has 2 amide bonds. The molecule has 3 N–H and O–H groups in total. The van der Waals surface area contributed by atoms with Crippen molar-refractivity contribution >= 4 is 11.8 Å². The second-order valence-corrected chi connectivity index (χ2v) is 5.70. The van der Waals surface area contributed by atoms with Crippen molar-refractivity contribution in [3.05, 3.63) is 59.9 Å². The van der Waals surface area contributed by atoms with Gasteiger partial charge in [0.25, 0.3) is 5.91 Å². The lowest BCUT2D eigenvalue weighted by atomic mass is 10.1. The lowest BCUT2D eigenvalue weighted by molar-refractivity contribution is -0.127. The van der Waals surface area contributed by atoms with Crippen LogP contribution in [0.5, 0.6) is 11.5 Å². The maximum absolute atomic E-state index is 12.8. The quantitative estimate of drug-likeness (QED) is 0.626. The number of amides is 2. The fourth-order valence-corrected chi connectivity index (χ4v) is 2.16. The number of aromatic hydroxyl groups is 1. The molecule has 0 bridgehead atoms. The molecule has 7 heteroatoms. The molecule has 0 radical (unpaired) electrons. The number of benzene rings is 2. The summed E-state index contributed by atoms with van der Waals surface area (Å²) in [6.45, 7) is 2.14. The van der Waals surface area contributed by atoms with E-state index in [9.17, 15) is 19.1 Å². The van der Waals surface area contributed by atoms with E-state index in [4.69, 9.17) is 4.74 Å². The summed E-state index contributed by atoms with van der Waals surface area (Å²) >= 11 is 0. The number of phenols is 1. The first-order chi connectivity index (χ1) is 12.4. The number of rotatable bonds is 8. The van der Waals surface area contributed by atoms with Crippen LogP contribution in [-0.2, 0) is 16.0 Å². The number of nitrogens with one attached hydrogen (secondary N) is 2. The first kappa shape index (κ1) is 19.2. The third-order valence-corrected chi connectivity index (χ3v) is 3.54. The van der Waals surface area contributed by atoms with Crippen molar-refractivity contribution in [1.29, 1.82) is 0 Å². The van der Waals surface area contributed by atoms with Gasteiger partial charge in [0, 0.05) is 13.1 Å². The van der Waals surface area contributed by atoms with Crippen LogP contribution in [0.4, 0.5) is 4.39 Å². The van der Waals surface area contributed by atoms with Crippen LogP contribution in [-0.4, -0.2) is 36.1 Å². The van der Waals surface area contributed by atoms with Crippen molar-refractivity contribution in [3.8, 4) is 11.5 Å². The molecule has 0 saturated carbocycles. The SMILES string of the molecule is CC(Oc1ccc(O)cc1)C(=O)NCCNC(=O)Cc1ccc(F)cc1. The monoisotopic (exact) mass is 360 g/mol. The summed E-state index contributed by atoms with van der Waals surface area (Å²) in [7, 11) is 0. The number of hydrogen-bond acceptors (Lipinski definition) is 4. The lowest BCUT2D eigenvalue weighted by Gasteiger charge is -2.15. The molecule has 1 unspecified atom stereocenters. The zero-order valence-electron chi connectivity index (χ0n) is 14.4. The summed E-state index contributed by atoms with van der Waals surface area (Å²) < 4.78 is 18.3. The number of carbonyl (C=O) groups is 2. The highest BCUT2D eigenvalue weighted by Gasteiger charge is 2.14. The molecule has 26 heavy (non-hydrogen) atoms. The second-order valence-electron chi connectivity index (χ2n) is 5.70. The smallest absolute Gasteiger partial charge is 0.260 e. The van der Waals surface area contributed by atoms with Crippen LogP contribution in [0.25, 0.3) is 0 Å². The normalized spacial score (nSPS) is 11.5. The summed E-state index contributed by atoms with van der Waals surface area (Å²) in [5.41, 5.74) is 0.712. The van der Waals surface area contributed by atoms with Gasteiger partial charge in [-0.2, -0.15) is 0 Å². The number of hydrogen-bond donors (Lipinski definition) is 3. The molecule has 2 aromatic carbocycles. The summed E-state index contributed by atoms with van der Waals surface area (Å²) in [6, 6.07) is 11.8. The molecule has 0 aliphatic rings. The Morgan fingerprint density at radius 2 is 1.65 bits per heavy atom. The molecule has 0 saturated heterocycles. The van der Waals surface area contributed by atoms with Gasteiger partial charge in [0.05, 0.1) is 6.42 Å². The van der Waals surface area contributed by atoms with Crippen molar-refractivity contribution in [3.63, 3.8) is 0 Å². The molecular formula is C19H21FN2O4. The van der Waals surface area contributed by atoms with E-state index in [1.165, 1.54) is 24.3 Å². The highest BCUT2D eigenvalue weighted by atomic mass is 19.1. The summed E-state index contributed by atoms with van der Waals surface area (Å²) in [6.07, 6.45) is -0.566. The van der Waals surface area contributed by atoms with Gasteiger partial charge < -0.3 is 20.5 Å². The molecule has 0 aliphatic heterocycles. The number of ether oxygens (including phenoxy) is 1. The molecule has 0 heterocycles. The van der Waals surface area contributed by atoms with Crippen molar-refractivity contribution in [2.75, 3.05) is 13.1 Å². The molecular weight excluding hydrogens is 339 g/mol. The predicted molar refractivity (Wildman–Crippen MR) is 94.3 cm³/mol. The topological polar surface area (TPSA) is 87.7 Å². The van der Waals surface area contributed by atoms with E-state index >= 15 is 0 Å². The fraction of sp³-hybridized carbons (Fsp3) is 0.263. The van der Waals surface area contributed by atoms with Crippen LogP contribution < -0.4 is 15.4 Å². The van der Waals surface area contributed by atoms with E-state index in [-0.39, 0.29) is 42.9 Å². The van der Waals surface area contributed by atoms with Crippen molar-refractivity contribution in [1.82, 2.24) is 10.6 Å². The van der Waals surface area contributed by atoms with Gasteiger partial charge in [-0.15, -0.1) is 0 Å². The van der Waals surface area contributed by atoms with Crippen LogP contribution in [0.1, 0.15) is 12.5 Å². The number of carbonyl (C=O) groups excluding carboxylic acids is 2. The minimum absolute atomic E-state index is 0.117. The van der Waals surface area contributed by atoms with Gasteiger partial charge in [-0.05, 0) is 48.9 Å². The van der Waals surface area contributed by atoms with Crippen molar-refractivity contribution < 1.29 is 23.8 Å². The van der Waals surface area contributed by atoms with E-state index in [0.29, 0.717) is 11.3 Å². The Morgan fingerprint density at radius 1 is 1.04 bits per heavy atom. The third-order valence-electron chi connectivity index (χ3n) is 3.54. The van der Waals surface area contributed by atoms with Gasteiger partial charge in [-0.25, -0.2) is 4.39 Å². The van der Waals surface area contributed by atoms with Gasteiger partial charge >= 0.3 is 0 Å². The van der Waals surface area contributed by atoms with Gasteiger partial charge in [-0.3, -0.25) is 9.59 Å². The molecule has 0 fully saturated rings. The summed E-state index contributed by atoms with van der Waals surface area (Å²) in [5.74, 6) is -0.283. The van der Waals surface area contributed by atoms with E-state index in [0.717, 1.165) is 0 Å². The third kappa shape index (κ3) is 6.43. The van der Waals surface area contributed by atoms with Crippen LogP contribution in [0.3, 0.4) is 0 Å². The molecule has 138 valence electrons. The van der Waals surface area contributed by atoms with Crippen LogP contribution in [0.15, 0.2) is 48.5 Å². The Hall–Kier alpha value is -3.09. The van der Waals surface area contributed by atoms with E-state index < -0.39 is 6.10 Å². The standard InChI is InChI=1S/C19H21FN2O4/c1-13(26-17-8-6-16(23)7-9-17)19(25)22-11-10-21-18(24)12-14-2-4-15(20)5-3-14/h2-9,13,23H,10-12H2,1H3,(H,21,24)(H,22,25). The Bertz CT molecular complexity index is 732. The molecule has 0 spiro atoms. The predicted octanol–water partition coefficient (Wildman–Crippen LogP) is 1.77. The Balaban J connectivity index is 1.65. The van der Waals surface area contributed by atoms with Gasteiger partial charge in [0.1, 0.15) is 17.3 Å².